The minimum Gasteiger partial charge on any atom is -0.396 e. The molecule has 78 valence electrons. The van der Waals surface area contributed by atoms with Crippen LogP contribution in [0.5, 0.6) is 0 Å². The van der Waals surface area contributed by atoms with Crippen LogP contribution in [0.3, 0.4) is 0 Å². The normalized spacial score (nSPS) is 10.3. The second-order valence-electron chi connectivity index (χ2n) is 2.57. The van der Waals surface area contributed by atoms with Gasteiger partial charge in [0.15, 0.2) is 0 Å². The Kier molecular flexibility index (Phi) is 3.82. The number of amides is 1. The van der Waals surface area contributed by atoms with Crippen LogP contribution in [0.15, 0.2) is 0 Å². The molecule has 14 heavy (non-hydrogen) atoms. The van der Waals surface area contributed by atoms with E-state index in [2.05, 4.69) is 4.98 Å². The van der Waals surface area contributed by atoms with Crippen molar-refractivity contribution in [2.24, 2.45) is 5.84 Å². The van der Waals surface area contributed by atoms with Gasteiger partial charge in [0.2, 0.25) is 11.0 Å². The molecule has 0 aromatic carbocycles. The highest BCUT2D eigenvalue weighted by Gasteiger charge is 2.14. The molecule has 0 spiro atoms. The van der Waals surface area contributed by atoms with Gasteiger partial charge in [-0.25, -0.2) is 15.8 Å². The van der Waals surface area contributed by atoms with Crippen LogP contribution in [-0.2, 0) is 11.2 Å². The highest BCUT2D eigenvalue weighted by Crippen LogP contribution is 2.28. The Morgan fingerprint density at radius 3 is 2.93 bits per heavy atom. The minimum atomic E-state index is -0.314. The first-order valence-electron chi connectivity index (χ1n) is 3.87. The second kappa shape index (κ2) is 4.70. The fourth-order valence-corrected chi connectivity index (χ4v) is 2.06. The molecular weight excluding hydrogens is 226 g/mol. The molecule has 0 aliphatic heterocycles. The van der Waals surface area contributed by atoms with Gasteiger partial charge >= 0.3 is 0 Å². The first-order valence-corrected chi connectivity index (χ1v) is 5.07. The van der Waals surface area contributed by atoms with Crippen molar-refractivity contribution in [1.82, 2.24) is 4.98 Å². The lowest BCUT2D eigenvalue weighted by Crippen LogP contribution is -2.35. The zero-order valence-electron chi connectivity index (χ0n) is 7.53. The van der Waals surface area contributed by atoms with Crippen LogP contribution >= 0.6 is 22.9 Å². The fraction of sp³-hybridized carbons (Fsp3) is 0.429. The predicted octanol–water partition coefficient (Wildman–Crippen LogP) is 0.558. The lowest BCUT2D eigenvalue weighted by Gasteiger charge is -2.08. The maximum absolute atomic E-state index is 10.9. The van der Waals surface area contributed by atoms with Gasteiger partial charge < -0.3 is 5.11 Å². The van der Waals surface area contributed by atoms with E-state index in [1.165, 1.54) is 18.3 Å². The third-order valence-electron chi connectivity index (χ3n) is 1.52. The molecule has 0 atom stereocenters. The third-order valence-corrected chi connectivity index (χ3v) is 3.06. The van der Waals surface area contributed by atoms with E-state index in [1.54, 1.807) is 0 Å². The van der Waals surface area contributed by atoms with Crippen LogP contribution in [0.2, 0.25) is 5.15 Å². The standard InChI is InChI=1S/C7H10ClN3O2S/c1-4(13)11(9)7-10-6(8)5(14-7)2-3-12/h12H,2-3,9H2,1H3. The number of nitrogens with zero attached hydrogens (tertiary/aromatic N) is 2. The summed E-state index contributed by atoms with van der Waals surface area (Å²) >= 11 is 6.96. The highest BCUT2D eigenvalue weighted by molar-refractivity contribution is 7.16. The number of aliphatic hydroxyl groups excluding tert-OH is 1. The van der Waals surface area contributed by atoms with E-state index < -0.39 is 0 Å². The average molecular weight is 236 g/mol. The Morgan fingerprint density at radius 1 is 1.79 bits per heavy atom. The Balaban J connectivity index is 2.90. The van der Waals surface area contributed by atoms with Crippen molar-refractivity contribution in [3.63, 3.8) is 0 Å². The minimum absolute atomic E-state index is 0.00794. The Labute approximate surface area is 90.1 Å². The number of carbonyl (C=O) groups is 1. The Morgan fingerprint density at radius 2 is 2.43 bits per heavy atom. The molecule has 1 aromatic heterocycles. The van der Waals surface area contributed by atoms with Crippen molar-refractivity contribution in [3.05, 3.63) is 10.0 Å². The molecule has 0 radical (unpaired) electrons. The number of halogens is 1. The van der Waals surface area contributed by atoms with Crippen LogP contribution < -0.4 is 10.9 Å². The largest absolute Gasteiger partial charge is 0.396 e. The molecule has 7 heteroatoms. The van der Waals surface area contributed by atoms with E-state index in [0.717, 1.165) is 9.89 Å². The van der Waals surface area contributed by atoms with Gasteiger partial charge in [-0.05, 0) is 0 Å². The zero-order chi connectivity index (χ0) is 10.7. The molecule has 0 aliphatic rings. The van der Waals surface area contributed by atoms with Gasteiger partial charge in [0.1, 0.15) is 5.15 Å². The molecule has 0 aliphatic carbocycles. The van der Waals surface area contributed by atoms with Crippen molar-refractivity contribution < 1.29 is 9.90 Å². The van der Waals surface area contributed by atoms with Gasteiger partial charge in [0, 0.05) is 24.8 Å². The molecular formula is C7H10ClN3O2S. The van der Waals surface area contributed by atoms with E-state index in [1.807, 2.05) is 0 Å². The monoisotopic (exact) mass is 235 g/mol. The summed E-state index contributed by atoms with van der Waals surface area (Å²) in [6.07, 6.45) is 0.419. The SMILES string of the molecule is CC(=O)N(N)c1nc(Cl)c(CCO)s1. The van der Waals surface area contributed by atoms with Crippen molar-refractivity contribution >= 4 is 34.0 Å². The molecule has 0 saturated heterocycles. The summed E-state index contributed by atoms with van der Waals surface area (Å²) in [5.41, 5.74) is 0. The van der Waals surface area contributed by atoms with Gasteiger partial charge in [-0.3, -0.25) is 4.79 Å². The van der Waals surface area contributed by atoms with Crippen LogP contribution in [0.1, 0.15) is 11.8 Å². The molecule has 1 rings (SSSR count). The summed E-state index contributed by atoms with van der Waals surface area (Å²) in [4.78, 5) is 15.5. The van der Waals surface area contributed by atoms with E-state index in [4.69, 9.17) is 22.6 Å². The topological polar surface area (TPSA) is 79.5 Å². The summed E-state index contributed by atoms with van der Waals surface area (Å²) in [6, 6.07) is 0. The number of hydrazine groups is 1. The number of aliphatic hydroxyl groups is 1. The number of carbonyl (C=O) groups excluding carboxylic acids is 1. The van der Waals surface area contributed by atoms with E-state index in [-0.39, 0.29) is 17.7 Å². The Bertz CT molecular complexity index is 342. The maximum atomic E-state index is 10.9. The van der Waals surface area contributed by atoms with Crippen LogP contribution in [0.25, 0.3) is 0 Å². The van der Waals surface area contributed by atoms with Crippen molar-refractivity contribution in [3.8, 4) is 0 Å². The smallest absolute Gasteiger partial charge is 0.240 e. The van der Waals surface area contributed by atoms with Gasteiger partial charge in [0.25, 0.3) is 0 Å². The van der Waals surface area contributed by atoms with Crippen LogP contribution in [0, 0.1) is 0 Å². The maximum Gasteiger partial charge on any atom is 0.240 e. The molecule has 0 fully saturated rings. The average Bonchev–Trinajstić information content (AvgIpc) is 2.47. The lowest BCUT2D eigenvalue weighted by molar-refractivity contribution is -0.116. The predicted molar refractivity (Wildman–Crippen MR) is 55.3 cm³/mol. The third kappa shape index (κ3) is 2.42. The molecule has 3 N–H and O–H groups in total. The van der Waals surface area contributed by atoms with E-state index in [0.29, 0.717) is 11.6 Å². The zero-order valence-corrected chi connectivity index (χ0v) is 9.10. The second-order valence-corrected chi connectivity index (χ2v) is 3.99. The first kappa shape index (κ1) is 11.4. The summed E-state index contributed by atoms with van der Waals surface area (Å²) in [5, 5.41) is 10.3. The van der Waals surface area contributed by atoms with Gasteiger partial charge in [0.05, 0.1) is 0 Å². The Hall–Kier alpha value is -0.690. The number of hydrogen-bond donors (Lipinski definition) is 2. The van der Waals surface area contributed by atoms with Crippen LogP contribution in [-0.4, -0.2) is 22.6 Å². The van der Waals surface area contributed by atoms with E-state index >= 15 is 0 Å². The highest BCUT2D eigenvalue weighted by atomic mass is 35.5. The number of anilines is 1. The van der Waals surface area contributed by atoms with Gasteiger partial charge in [-0.15, -0.1) is 0 Å². The number of aromatic nitrogens is 1. The quantitative estimate of drug-likeness (QED) is 0.456. The summed E-state index contributed by atoms with van der Waals surface area (Å²) < 4.78 is 0. The molecule has 1 heterocycles. The van der Waals surface area contributed by atoms with Gasteiger partial charge in [-0.1, -0.05) is 22.9 Å². The molecule has 1 aromatic rings. The number of rotatable bonds is 3. The van der Waals surface area contributed by atoms with Crippen molar-refractivity contribution in [2.75, 3.05) is 11.6 Å². The summed E-state index contributed by atoms with van der Waals surface area (Å²) in [5.74, 6) is 5.11. The van der Waals surface area contributed by atoms with Gasteiger partial charge in [-0.2, -0.15) is 0 Å². The molecule has 5 nitrogen and oxygen atoms in total. The fourth-order valence-electron chi connectivity index (χ4n) is 0.815. The van der Waals surface area contributed by atoms with Crippen molar-refractivity contribution in [1.29, 1.82) is 0 Å². The number of hydrogen-bond acceptors (Lipinski definition) is 5. The summed E-state index contributed by atoms with van der Waals surface area (Å²) in [6.45, 7) is 1.33. The number of thiazole rings is 1. The first-order chi connectivity index (χ1) is 6.56. The summed E-state index contributed by atoms with van der Waals surface area (Å²) in [7, 11) is 0. The van der Waals surface area contributed by atoms with Crippen LogP contribution in [0.4, 0.5) is 5.13 Å². The molecule has 0 bridgehead atoms. The molecule has 0 saturated carbocycles. The molecule has 1 amide bonds. The van der Waals surface area contributed by atoms with E-state index in [9.17, 15) is 4.79 Å². The lowest BCUT2D eigenvalue weighted by atomic mass is 10.4. The molecule has 0 unspecified atom stereocenters. The van der Waals surface area contributed by atoms with Crippen molar-refractivity contribution in [2.45, 2.75) is 13.3 Å². The number of nitrogens with two attached hydrogens (primary N) is 1.